The van der Waals surface area contributed by atoms with Crippen molar-refractivity contribution in [2.45, 2.75) is 6.04 Å². The first-order valence-corrected chi connectivity index (χ1v) is 6.83. The van der Waals surface area contributed by atoms with Crippen molar-refractivity contribution in [2.24, 2.45) is 5.73 Å². The number of nitrogens with one attached hydrogen (secondary N) is 1. The van der Waals surface area contributed by atoms with Crippen molar-refractivity contribution in [1.29, 1.82) is 0 Å². The molecule has 1 atom stereocenters. The summed E-state index contributed by atoms with van der Waals surface area (Å²) in [6.45, 7) is 0. The third-order valence-corrected chi connectivity index (χ3v) is 3.74. The normalized spacial score (nSPS) is 11.7. The fourth-order valence-electron chi connectivity index (χ4n) is 1.72. The van der Waals surface area contributed by atoms with Crippen molar-refractivity contribution in [1.82, 2.24) is 0 Å². The molecule has 2 aromatic rings. The molecular weight excluding hydrogens is 294 g/mol. The Kier molecular flexibility index (Phi) is 4.51. The Morgan fingerprint density at radius 2 is 2.24 bits per heavy atom. The minimum Gasteiger partial charge on any atom is -0.495 e. The van der Waals surface area contributed by atoms with Gasteiger partial charge in [0.2, 0.25) is 5.91 Å². The van der Waals surface area contributed by atoms with Crippen molar-refractivity contribution < 1.29 is 14.5 Å². The molecule has 2 rings (SSSR count). The van der Waals surface area contributed by atoms with Crippen LogP contribution >= 0.6 is 11.3 Å². The maximum absolute atomic E-state index is 12.1. The molecule has 8 heteroatoms. The summed E-state index contributed by atoms with van der Waals surface area (Å²) in [6.07, 6.45) is 0. The number of benzene rings is 1. The molecule has 21 heavy (non-hydrogen) atoms. The van der Waals surface area contributed by atoms with Gasteiger partial charge in [0.15, 0.2) is 0 Å². The van der Waals surface area contributed by atoms with E-state index in [1.807, 2.05) is 5.38 Å². The van der Waals surface area contributed by atoms with Crippen molar-refractivity contribution in [3.8, 4) is 5.75 Å². The molecule has 0 aliphatic rings. The summed E-state index contributed by atoms with van der Waals surface area (Å²) in [6, 6.07) is 6.66. The average molecular weight is 307 g/mol. The van der Waals surface area contributed by atoms with Gasteiger partial charge in [-0.3, -0.25) is 14.9 Å². The highest BCUT2D eigenvalue weighted by Gasteiger charge is 2.19. The van der Waals surface area contributed by atoms with Crippen LogP contribution in [0.1, 0.15) is 10.9 Å². The number of carbonyl (C=O) groups is 1. The maximum Gasteiger partial charge on any atom is 0.271 e. The third kappa shape index (κ3) is 3.36. The number of anilines is 1. The number of nitrogens with zero attached hydrogens (tertiary/aromatic N) is 1. The molecule has 0 bridgehead atoms. The van der Waals surface area contributed by atoms with Crippen molar-refractivity contribution >= 4 is 28.6 Å². The number of methoxy groups -OCH3 is 1. The Hall–Kier alpha value is -2.45. The largest absolute Gasteiger partial charge is 0.495 e. The summed E-state index contributed by atoms with van der Waals surface area (Å²) < 4.78 is 5.08. The zero-order valence-electron chi connectivity index (χ0n) is 11.1. The van der Waals surface area contributed by atoms with Crippen LogP contribution in [0.4, 0.5) is 11.4 Å². The van der Waals surface area contributed by atoms with Crippen LogP contribution in [0.15, 0.2) is 35.7 Å². The number of thiophene rings is 1. The first kappa shape index (κ1) is 14.9. The van der Waals surface area contributed by atoms with Gasteiger partial charge in [-0.15, -0.1) is 11.3 Å². The highest BCUT2D eigenvalue weighted by atomic mass is 32.1. The fourth-order valence-corrected chi connectivity index (χ4v) is 2.44. The van der Waals surface area contributed by atoms with Crippen LogP contribution in [0, 0.1) is 10.1 Å². The molecule has 0 saturated heterocycles. The highest BCUT2D eigenvalue weighted by Crippen LogP contribution is 2.29. The zero-order valence-corrected chi connectivity index (χ0v) is 11.9. The van der Waals surface area contributed by atoms with Crippen LogP contribution in [0.3, 0.4) is 0 Å². The second-order valence-electron chi connectivity index (χ2n) is 4.12. The van der Waals surface area contributed by atoms with Gasteiger partial charge in [-0.2, -0.15) is 0 Å². The van der Waals surface area contributed by atoms with E-state index in [0.717, 1.165) is 0 Å². The number of carbonyl (C=O) groups excluding carboxylic acids is 1. The van der Waals surface area contributed by atoms with Crippen LogP contribution in [0.2, 0.25) is 0 Å². The van der Waals surface area contributed by atoms with Gasteiger partial charge in [0, 0.05) is 17.0 Å². The first-order chi connectivity index (χ1) is 10.0. The lowest BCUT2D eigenvalue weighted by Crippen LogP contribution is -2.27. The van der Waals surface area contributed by atoms with E-state index in [1.54, 1.807) is 12.1 Å². The Balaban J connectivity index is 2.23. The summed E-state index contributed by atoms with van der Waals surface area (Å²) in [4.78, 5) is 23.1. The van der Waals surface area contributed by atoms with Gasteiger partial charge in [-0.05, 0) is 17.5 Å². The van der Waals surface area contributed by atoms with Crippen LogP contribution in [0.25, 0.3) is 0 Å². The van der Waals surface area contributed by atoms with E-state index < -0.39 is 16.9 Å². The van der Waals surface area contributed by atoms with E-state index in [-0.39, 0.29) is 11.4 Å². The molecule has 110 valence electrons. The maximum atomic E-state index is 12.1. The van der Waals surface area contributed by atoms with Gasteiger partial charge in [0.05, 0.1) is 17.7 Å². The molecule has 0 aliphatic heterocycles. The number of nitro benzene ring substituents is 1. The molecule has 0 spiro atoms. The average Bonchev–Trinajstić information content (AvgIpc) is 3.00. The van der Waals surface area contributed by atoms with E-state index in [9.17, 15) is 14.9 Å². The summed E-state index contributed by atoms with van der Waals surface area (Å²) in [5.41, 5.74) is 5.91. The lowest BCUT2D eigenvalue weighted by molar-refractivity contribution is -0.384. The smallest absolute Gasteiger partial charge is 0.271 e. The number of non-ortho nitro benzene ring substituents is 1. The molecule has 3 N–H and O–H groups in total. The SMILES string of the molecule is COc1ccc([N+](=O)[O-])cc1NC(=O)C(N)c1cccs1. The van der Waals surface area contributed by atoms with E-state index in [2.05, 4.69) is 5.32 Å². The van der Waals surface area contributed by atoms with Crippen LogP contribution < -0.4 is 15.8 Å². The number of hydrogen-bond donors (Lipinski definition) is 2. The molecule has 0 fully saturated rings. The van der Waals surface area contributed by atoms with Gasteiger partial charge >= 0.3 is 0 Å². The lowest BCUT2D eigenvalue weighted by atomic mass is 10.2. The number of ether oxygens (including phenoxy) is 1. The molecule has 0 saturated carbocycles. The van der Waals surface area contributed by atoms with Gasteiger partial charge in [0.25, 0.3) is 5.69 Å². The number of rotatable bonds is 5. The van der Waals surface area contributed by atoms with Crippen molar-refractivity contribution in [2.75, 3.05) is 12.4 Å². The third-order valence-electron chi connectivity index (χ3n) is 2.78. The molecular formula is C13H13N3O4S. The van der Waals surface area contributed by atoms with Gasteiger partial charge in [0.1, 0.15) is 11.8 Å². The zero-order chi connectivity index (χ0) is 15.4. The second kappa shape index (κ2) is 6.33. The number of amides is 1. The highest BCUT2D eigenvalue weighted by molar-refractivity contribution is 7.10. The minimum absolute atomic E-state index is 0.143. The molecule has 1 aromatic heterocycles. The monoisotopic (exact) mass is 307 g/mol. The Bertz CT molecular complexity index is 657. The molecule has 0 radical (unpaired) electrons. The van der Waals surface area contributed by atoms with E-state index >= 15 is 0 Å². The fraction of sp³-hybridized carbons (Fsp3) is 0.154. The molecule has 1 amide bonds. The van der Waals surface area contributed by atoms with Gasteiger partial charge in [-0.1, -0.05) is 6.07 Å². The Morgan fingerprint density at radius 1 is 1.48 bits per heavy atom. The van der Waals surface area contributed by atoms with Gasteiger partial charge < -0.3 is 15.8 Å². The van der Waals surface area contributed by atoms with Crippen LogP contribution in [-0.2, 0) is 4.79 Å². The molecule has 1 heterocycles. The topological polar surface area (TPSA) is 107 Å². The predicted octanol–water partition coefficient (Wildman–Crippen LogP) is 2.30. The molecule has 1 aromatic carbocycles. The van der Waals surface area contributed by atoms with E-state index in [1.165, 1.54) is 36.6 Å². The summed E-state index contributed by atoms with van der Waals surface area (Å²) in [5.74, 6) is -0.136. The molecule has 7 nitrogen and oxygen atoms in total. The summed E-state index contributed by atoms with van der Waals surface area (Å²) >= 11 is 1.36. The predicted molar refractivity (Wildman–Crippen MR) is 79.5 cm³/mol. The van der Waals surface area contributed by atoms with E-state index in [0.29, 0.717) is 10.6 Å². The standard InChI is InChI=1S/C13H13N3O4S/c1-20-10-5-4-8(16(18)19)7-9(10)15-13(17)12(14)11-3-2-6-21-11/h2-7,12H,14H2,1H3,(H,15,17). The number of hydrogen-bond acceptors (Lipinski definition) is 6. The lowest BCUT2D eigenvalue weighted by Gasteiger charge is -2.13. The first-order valence-electron chi connectivity index (χ1n) is 5.95. The molecule has 0 aliphatic carbocycles. The number of nitrogens with two attached hydrogens (primary N) is 1. The minimum atomic E-state index is -0.839. The van der Waals surface area contributed by atoms with Crippen LogP contribution in [-0.4, -0.2) is 17.9 Å². The Morgan fingerprint density at radius 3 is 2.81 bits per heavy atom. The summed E-state index contributed by atoms with van der Waals surface area (Å²) in [7, 11) is 1.41. The number of nitro groups is 1. The quantitative estimate of drug-likeness (QED) is 0.651. The second-order valence-corrected chi connectivity index (χ2v) is 5.10. The van der Waals surface area contributed by atoms with E-state index in [4.69, 9.17) is 10.5 Å². The Labute approximate surface area is 124 Å². The van der Waals surface area contributed by atoms with Gasteiger partial charge in [-0.25, -0.2) is 0 Å². The summed E-state index contributed by atoms with van der Waals surface area (Å²) in [5, 5.41) is 15.2. The van der Waals surface area contributed by atoms with Crippen molar-refractivity contribution in [3.63, 3.8) is 0 Å². The van der Waals surface area contributed by atoms with Crippen molar-refractivity contribution in [3.05, 3.63) is 50.7 Å². The van der Waals surface area contributed by atoms with Crippen LogP contribution in [0.5, 0.6) is 5.75 Å². The molecule has 1 unspecified atom stereocenters.